The quantitative estimate of drug-likeness (QED) is 0.783. The molecule has 0 saturated carbocycles. The first kappa shape index (κ1) is 13.1. The molecule has 3 N–H and O–H groups in total. The monoisotopic (exact) mass is 274 g/mol. The molecule has 1 saturated heterocycles. The summed E-state index contributed by atoms with van der Waals surface area (Å²) in [6, 6.07) is 6.90. The maximum atomic E-state index is 11.4. The molecule has 0 aliphatic carbocycles. The summed E-state index contributed by atoms with van der Waals surface area (Å²) in [6.45, 7) is 4.09. The molecule has 5 heteroatoms. The van der Waals surface area contributed by atoms with Gasteiger partial charge >= 0.3 is 0 Å². The zero-order chi connectivity index (χ0) is 14.3. The lowest BCUT2D eigenvalue weighted by atomic mass is 9.97. The van der Waals surface area contributed by atoms with E-state index in [1.54, 1.807) is 12.1 Å². The molecule has 0 amide bonds. The number of fused-ring (bicyclic) bond motifs is 1. The van der Waals surface area contributed by atoms with Crippen LogP contribution in [0.25, 0.3) is 10.9 Å². The second-order valence-corrected chi connectivity index (χ2v) is 5.17. The molecule has 1 fully saturated rings. The minimum absolute atomic E-state index is 0.00318. The topological polar surface area (TPSA) is 74.3 Å². The number of nitrogens with one attached hydrogen (secondary N) is 2. The first-order chi connectivity index (χ1) is 9.60. The molecule has 2 aromatic rings. The Labute approximate surface area is 116 Å². The van der Waals surface area contributed by atoms with Gasteiger partial charge in [-0.3, -0.25) is 10.1 Å². The number of aromatic amines is 1. The van der Waals surface area contributed by atoms with Crippen molar-refractivity contribution in [3.05, 3.63) is 40.2 Å². The lowest BCUT2D eigenvalue weighted by Crippen LogP contribution is -2.28. The number of phenolic OH excluding ortho intramolecular Hbond substituents is 1. The largest absolute Gasteiger partial charge is 0.506 e. The summed E-state index contributed by atoms with van der Waals surface area (Å²) in [4.78, 5) is 14.1. The van der Waals surface area contributed by atoms with Gasteiger partial charge in [0, 0.05) is 17.5 Å². The smallest absolute Gasteiger partial charge is 0.248 e. The van der Waals surface area contributed by atoms with E-state index < -0.39 is 0 Å². The standard InChI is InChI=1S/C15H18N2O3/c1-3-11-15(20-8(2)16-11)10-4-6-12(18)14-9(10)5-7-13(19)17-14/h4-8,11,15-16,18H,3H2,1-2H3,(H,17,19). The van der Waals surface area contributed by atoms with Crippen molar-refractivity contribution in [2.24, 2.45) is 0 Å². The van der Waals surface area contributed by atoms with Crippen LogP contribution in [0.15, 0.2) is 29.1 Å². The Morgan fingerprint density at radius 3 is 2.85 bits per heavy atom. The van der Waals surface area contributed by atoms with Crippen LogP contribution in [0.4, 0.5) is 0 Å². The first-order valence-corrected chi connectivity index (χ1v) is 6.86. The van der Waals surface area contributed by atoms with Crippen LogP contribution in [0.5, 0.6) is 5.75 Å². The first-order valence-electron chi connectivity index (χ1n) is 6.86. The molecule has 0 radical (unpaired) electrons. The van der Waals surface area contributed by atoms with Gasteiger partial charge in [-0.05, 0) is 31.0 Å². The summed E-state index contributed by atoms with van der Waals surface area (Å²) in [6.07, 6.45) is 0.862. The van der Waals surface area contributed by atoms with Crippen LogP contribution in [-0.4, -0.2) is 22.4 Å². The van der Waals surface area contributed by atoms with Crippen molar-refractivity contribution >= 4 is 10.9 Å². The highest BCUT2D eigenvalue weighted by Gasteiger charge is 2.33. The molecule has 1 aromatic carbocycles. The fourth-order valence-electron chi connectivity index (χ4n) is 2.87. The van der Waals surface area contributed by atoms with Crippen LogP contribution >= 0.6 is 0 Å². The van der Waals surface area contributed by atoms with Crippen LogP contribution in [-0.2, 0) is 4.74 Å². The Balaban J connectivity index is 2.17. The van der Waals surface area contributed by atoms with E-state index in [0.29, 0.717) is 5.52 Å². The summed E-state index contributed by atoms with van der Waals surface area (Å²) in [7, 11) is 0. The lowest BCUT2D eigenvalue weighted by molar-refractivity contribution is 0.0477. The van der Waals surface area contributed by atoms with Crippen molar-refractivity contribution in [3.63, 3.8) is 0 Å². The molecule has 1 aliphatic heterocycles. The number of phenols is 1. The van der Waals surface area contributed by atoms with Gasteiger partial charge in [0.05, 0.1) is 5.52 Å². The molecule has 1 aliphatic rings. The van der Waals surface area contributed by atoms with E-state index in [9.17, 15) is 9.90 Å². The molecule has 3 atom stereocenters. The second-order valence-electron chi connectivity index (χ2n) is 5.17. The predicted octanol–water partition coefficient (Wildman–Crippen LogP) is 2.02. The van der Waals surface area contributed by atoms with Gasteiger partial charge in [0.15, 0.2) is 0 Å². The van der Waals surface area contributed by atoms with Crippen molar-refractivity contribution in [3.8, 4) is 5.75 Å². The van der Waals surface area contributed by atoms with Crippen LogP contribution in [0.1, 0.15) is 31.9 Å². The summed E-state index contributed by atoms with van der Waals surface area (Å²) in [5.74, 6) is 0.0773. The average Bonchev–Trinajstić information content (AvgIpc) is 2.81. The summed E-state index contributed by atoms with van der Waals surface area (Å²) in [5.41, 5.74) is 1.22. The molecular weight excluding hydrogens is 256 g/mol. The van der Waals surface area contributed by atoms with Gasteiger partial charge in [0.1, 0.15) is 18.1 Å². The Morgan fingerprint density at radius 2 is 2.10 bits per heavy atom. The van der Waals surface area contributed by atoms with E-state index >= 15 is 0 Å². The van der Waals surface area contributed by atoms with Crippen LogP contribution in [0.3, 0.4) is 0 Å². The molecule has 3 rings (SSSR count). The van der Waals surface area contributed by atoms with Gasteiger partial charge < -0.3 is 14.8 Å². The van der Waals surface area contributed by atoms with Gasteiger partial charge in [-0.25, -0.2) is 0 Å². The molecule has 5 nitrogen and oxygen atoms in total. The number of rotatable bonds is 2. The third kappa shape index (κ3) is 2.09. The number of aromatic nitrogens is 1. The van der Waals surface area contributed by atoms with Crippen molar-refractivity contribution in [1.29, 1.82) is 0 Å². The van der Waals surface area contributed by atoms with Crippen molar-refractivity contribution in [2.45, 2.75) is 38.6 Å². The van der Waals surface area contributed by atoms with Gasteiger partial charge in [-0.1, -0.05) is 13.0 Å². The average molecular weight is 274 g/mol. The normalized spacial score (nSPS) is 26.2. The van der Waals surface area contributed by atoms with E-state index in [4.69, 9.17) is 4.74 Å². The van der Waals surface area contributed by atoms with E-state index in [1.165, 1.54) is 6.07 Å². The maximum Gasteiger partial charge on any atom is 0.248 e. The molecule has 0 spiro atoms. The molecule has 106 valence electrons. The molecule has 0 bridgehead atoms. The van der Waals surface area contributed by atoms with Crippen LogP contribution < -0.4 is 10.9 Å². The zero-order valence-corrected chi connectivity index (χ0v) is 11.5. The number of hydrogen-bond donors (Lipinski definition) is 3. The molecule has 2 heterocycles. The van der Waals surface area contributed by atoms with Gasteiger partial charge in [-0.15, -0.1) is 0 Å². The van der Waals surface area contributed by atoms with Crippen LogP contribution in [0.2, 0.25) is 0 Å². The van der Waals surface area contributed by atoms with E-state index in [-0.39, 0.29) is 29.7 Å². The third-order valence-electron chi connectivity index (χ3n) is 3.82. The summed E-state index contributed by atoms with van der Waals surface area (Å²) < 4.78 is 5.94. The fraction of sp³-hybridized carbons (Fsp3) is 0.400. The zero-order valence-electron chi connectivity index (χ0n) is 11.5. The highest BCUT2D eigenvalue weighted by Crippen LogP contribution is 2.36. The van der Waals surface area contributed by atoms with Crippen molar-refractivity contribution in [1.82, 2.24) is 10.3 Å². The maximum absolute atomic E-state index is 11.4. The fourth-order valence-corrected chi connectivity index (χ4v) is 2.87. The molecule has 20 heavy (non-hydrogen) atoms. The minimum atomic E-state index is -0.226. The molecular formula is C15H18N2O3. The SMILES string of the molecule is CCC1NC(C)OC1c1ccc(O)c2[nH]c(=O)ccc12. The summed E-state index contributed by atoms with van der Waals surface area (Å²) in [5, 5.41) is 14.1. The van der Waals surface area contributed by atoms with Crippen molar-refractivity contribution < 1.29 is 9.84 Å². The summed E-state index contributed by atoms with van der Waals surface area (Å²) >= 11 is 0. The third-order valence-corrected chi connectivity index (χ3v) is 3.82. The van der Waals surface area contributed by atoms with Gasteiger partial charge in [0.2, 0.25) is 5.56 Å². The Hall–Kier alpha value is -1.85. The number of aromatic hydroxyl groups is 1. The van der Waals surface area contributed by atoms with Gasteiger partial charge in [0.25, 0.3) is 0 Å². The van der Waals surface area contributed by atoms with Crippen molar-refractivity contribution in [2.75, 3.05) is 0 Å². The highest BCUT2D eigenvalue weighted by molar-refractivity contribution is 5.87. The predicted molar refractivity (Wildman–Crippen MR) is 76.7 cm³/mol. The Kier molecular flexibility index (Phi) is 3.23. The Bertz CT molecular complexity index is 695. The van der Waals surface area contributed by atoms with E-state index in [1.807, 2.05) is 13.0 Å². The minimum Gasteiger partial charge on any atom is -0.506 e. The Morgan fingerprint density at radius 1 is 1.30 bits per heavy atom. The highest BCUT2D eigenvalue weighted by atomic mass is 16.5. The lowest BCUT2D eigenvalue weighted by Gasteiger charge is -2.19. The molecule has 3 unspecified atom stereocenters. The van der Waals surface area contributed by atoms with Crippen LogP contribution in [0, 0.1) is 0 Å². The number of ether oxygens (including phenoxy) is 1. The second kappa shape index (κ2) is 4.92. The van der Waals surface area contributed by atoms with Gasteiger partial charge in [-0.2, -0.15) is 0 Å². The number of benzene rings is 1. The number of H-pyrrole nitrogens is 1. The van der Waals surface area contributed by atoms with E-state index in [2.05, 4.69) is 17.2 Å². The molecule has 1 aromatic heterocycles. The van der Waals surface area contributed by atoms with E-state index in [0.717, 1.165) is 17.4 Å². The number of hydrogen-bond acceptors (Lipinski definition) is 4. The number of pyridine rings is 1.